The van der Waals surface area contributed by atoms with Gasteiger partial charge in [0.25, 0.3) is 0 Å². The van der Waals surface area contributed by atoms with E-state index in [9.17, 15) is 14.1 Å². The van der Waals surface area contributed by atoms with Crippen LogP contribution >= 0.6 is 0 Å². The zero-order valence-electron chi connectivity index (χ0n) is 13.4. The lowest BCUT2D eigenvalue weighted by atomic mass is 10.1. The number of aliphatic hydroxyl groups is 1. The maximum atomic E-state index is 12.4. The second kappa shape index (κ2) is 7.15. The van der Waals surface area contributed by atoms with Crippen molar-refractivity contribution in [3.8, 4) is 0 Å². The Hall–Kier alpha value is -2.18. The first-order valence-electron chi connectivity index (χ1n) is 7.76. The van der Waals surface area contributed by atoms with Crippen LogP contribution in [0.2, 0.25) is 0 Å². The van der Waals surface area contributed by atoms with Gasteiger partial charge in [0.05, 0.1) is 17.9 Å². The molecule has 3 atom stereocenters. The first kappa shape index (κ1) is 16.7. The molecule has 5 nitrogen and oxygen atoms in total. The Kier molecular flexibility index (Phi) is 4.97. The van der Waals surface area contributed by atoms with E-state index in [2.05, 4.69) is 10.6 Å². The average molecular weight is 344 g/mol. The number of hydrogen-bond donors (Lipinski definition) is 3. The molecule has 1 aliphatic rings. The number of carbonyl (C=O) groups excluding carboxylic acids is 1. The van der Waals surface area contributed by atoms with Crippen LogP contribution in [0, 0.1) is 0 Å². The van der Waals surface area contributed by atoms with Crippen molar-refractivity contribution in [1.29, 1.82) is 0 Å². The van der Waals surface area contributed by atoms with E-state index >= 15 is 0 Å². The highest BCUT2D eigenvalue weighted by molar-refractivity contribution is 7.83. The van der Waals surface area contributed by atoms with Gasteiger partial charge >= 0.3 is 6.03 Å². The first-order chi connectivity index (χ1) is 11.5. The molecule has 2 aromatic rings. The lowest BCUT2D eigenvalue weighted by Crippen LogP contribution is -2.37. The summed E-state index contributed by atoms with van der Waals surface area (Å²) in [6.07, 6.45) is 1.53. The van der Waals surface area contributed by atoms with Crippen molar-refractivity contribution in [3.05, 3.63) is 65.2 Å². The van der Waals surface area contributed by atoms with Crippen LogP contribution in [0.15, 0.2) is 48.5 Å². The molecule has 0 bridgehead atoms. The zero-order valence-corrected chi connectivity index (χ0v) is 14.2. The third-order valence-electron chi connectivity index (χ3n) is 4.11. The molecule has 3 N–H and O–H groups in total. The molecule has 0 fully saturated rings. The smallest absolute Gasteiger partial charge is 0.319 e. The van der Waals surface area contributed by atoms with Crippen LogP contribution in [0.4, 0.5) is 10.5 Å². The number of nitrogens with one attached hydrogen (secondary N) is 2. The van der Waals surface area contributed by atoms with E-state index in [4.69, 9.17) is 0 Å². The van der Waals surface area contributed by atoms with Gasteiger partial charge < -0.3 is 15.7 Å². The van der Waals surface area contributed by atoms with Gasteiger partial charge in [-0.3, -0.25) is 4.21 Å². The number of rotatable bonds is 4. The van der Waals surface area contributed by atoms with Gasteiger partial charge in [-0.2, -0.15) is 0 Å². The minimum absolute atomic E-state index is 0.380. The number of aliphatic hydroxyl groups excluding tert-OH is 1. The number of para-hydroxylation sites is 1. The Labute approximate surface area is 143 Å². The van der Waals surface area contributed by atoms with Crippen LogP contribution in [0.5, 0.6) is 0 Å². The fourth-order valence-corrected chi connectivity index (χ4v) is 3.72. The number of hydrogen-bond acceptors (Lipinski definition) is 3. The Morgan fingerprint density at radius 3 is 2.71 bits per heavy atom. The standard InChI is InChI=1S/C18H20N2O3S/c1-24(23)11-13-7-3-5-9-15(13)19-18(22)20-17-14-8-4-2-6-12(14)10-16(17)21/h2-9,16-17,21H,10-11H2,1H3,(H2,19,20,22)/t16-,17-,24+/m0/s1. The topological polar surface area (TPSA) is 78.4 Å². The second-order valence-corrected chi connectivity index (χ2v) is 7.36. The van der Waals surface area contributed by atoms with Crippen molar-refractivity contribution in [3.63, 3.8) is 0 Å². The Morgan fingerprint density at radius 2 is 1.92 bits per heavy atom. The summed E-state index contributed by atoms with van der Waals surface area (Å²) >= 11 is 0. The molecule has 2 aromatic carbocycles. The number of benzene rings is 2. The minimum Gasteiger partial charge on any atom is -0.390 e. The normalized spacial score (nSPS) is 20.2. The third kappa shape index (κ3) is 3.66. The fraction of sp³-hybridized carbons (Fsp3) is 0.278. The Balaban J connectivity index is 1.72. The monoisotopic (exact) mass is 344 g/mol. The van der Waals surface area contributed by atoms with Gasteiger partial charge in [0.2, 0.25) is 0 Å². The van der Waals surface area contributed by atoms with Crippen LogP contribution in [0.25, 0.3) is 0 Å². The number of anilines is 1. The summed E-state index contributed by atoms with van der Waals surface area (Å²) in [5.74, 6) is 0.380. The fourth-order valence-electron chi connectivity index (χ4n) is 3.03. The van der Waals surface area contributed by atoms with Crippen molar-refractivity contribution >= 4 is 22.5 Å². The number of fused-ring (bicyclic) bond motifs is 1. The van der Waals surface area contributed by atoms with Gasteiger partial charge in [-0.1, -0.05) is 42.5 Å². The van der Waals surface area contributed by atoms with Crippen molar-refractivity contribution in [2.75, 3.05) is 11.6 Å². The molecule has 0 saturated carbocycles. The first-order valence-corrected chi connectivity index (χ1v) is 9.48. The molecular weight excluding hydrogens is 324 g/mol. The third-order valence-corrected chi connectivity index (χ3v) is 4.83. The molecule has 0 aliphatic heterocycles. The van der Waals surface area contributed by atoms with Crippen LogP contribution < -0.4 is 10.6 Å². The largest absolute Gasteiger partial charge is 0.390 e. The molecule has 3 rings (SSSR count). The van der Waals surface area contributed by atoms with E-state index in [-0.39, 0.29) is 6.03 Å². The van der Waals surface area contributed by atoms with Crippen LogP contribution in [-0.2, 0) is 23.0 Å². The van der Waals surface area contributed by atoms with Crippen molar-refractivity contribution in [1.82, 2.24) is 5.32 Å². The maximum Gasteiger partial charge on any atom is 0.319 e. The Bertz CT molecular complexity index is 778. The molecule has 6 heteroatoms. The van der Waals surface area contributed by atoms with Gasteiger partial charge in [0.15, 0.2) is 0 Å². The van der Waals surface area contributed by atoms with Crippen LogP contribution in [0.3, 0.4) is 0 Å². The van der Waals surface area contributed by atoms with E-state index in [1.54, 1.807) is 12.3 Å². The van der Waals surface area contributed by atoms with E-state index in [1.165, 1.54) is 0 Å². The average Bonchev–Trinajstić information content (AvgIpc) is 2.85. The van der Waals surface area contributed by atoms with Crippen molar-refractivity contribution in [2.45, 2.75) is 24.3 Å². The molecule has 0 aromatic heterocycles. The molecule has 24 heavy (non-hydrogen) atoms. The minimum atomic E-state index is -0.993. The number of urea groups is 1. The zero-order chi connectivity index (χ0) is 17.1. The molecule has 126 valence electrons. The van der Waals surface area contributed by atoms with Gasteiger partial charge in [0.1, 0.15) is 0 Å². The molecule has 0 heterocycles. The Morgan fingerprint density at radius 1 is 1.21 bits per heavy atom. The van der Waals surface area contributed by atoms with Gasteiger partial charge in [0, 0.05) is 29.2 Å². The van der Waals surface area contributed by atoms with Crippen LogP contribution in [0.1, 0.15) is 22.7 Å². The molecule has 0 spiro atoms. The van der Waals surface area contributed by atoms with Gasteiger partial charge in [-0.15, -0.1) is 0 Å². The summed E-state index contributed by atoms with van der Waals surface area (Å²) in [4.78, 5) is 12.4. The second-order valence-electron chi connectivity index (χ2n) is 5.92. The highest BCUT2D eigenvalue weighted by atomic mass is 32.2. The molecule has 1 aliphatic carbocycles. The highest BCUT2D eigenvalue weighted by Crippen LogP contribution is 2.31. The highest BCUT2D eigenvalue weighted by Gasteiger charge is 2.31. The van der Waals surface area contributed by atoms with E-state index in [1.807, 2.05) is 42.5 Å². The van der Waals surface area contributed by atoms with Crippen molar-refractivity contribution in [2.24, 2.45) is 0 Å². The lowest BCUT2D eigenvalue weighted by Gasteiger charge is -2.19. The predicted octanol–water partition coefficient (Wildman–Crippen LogP) is 2.34. The summed E-state index contributed by atoms with van der Waals surface area (Å²) in [6.45, 7) is 0. The number of amides is 2. The van der Waals surface area contributed by atoms with Gasteiger partial charge in [-0.05, 0) is 22.8 Å². The predicted molar refractivity (Wildman–Crippen MR) is 95.3 cm³/mol. The van der Waals surface area contributed by atoms with Gasteiger partial charge in [-0.25, -0.2) is 4.79 Å². The van der Waals surface area contributed by atoms with Crippen molar-refractivity contribution < 1.29 is 14.1 Å². The summed E-state index contributed by atoms with van der Waals surface area (Å²) in [7, 11) is -0.993. The van der Waals surface area contributed by atoms with E-state index in [0.717, 1.165) is 16.7 Å². The molecule has 2 amide bonds. The molecular formula is C18H20N2O3S. The molecule has 0 saturated heterocycles. The van der Waals surface area contributed by atoms with E-state index < -0.39 is 22.9 Å². The summed E-state index contributed by atoms with van der Waals surface area (Å²) in [5.41, 5.74) is 3.45. The maximum absolute atomic E-state index is 12.4. The molecule has 0 unspecified atom stereocenters. The van der Waals surface area contributed by atoms with Crippen LogP contribution in [-0.4, -0.2) is 27.7 Å². The SMILES string of the molecule is C[S@@](=O)Cc1ccccc1NC(=O)N[C@H]1c2ccccc2C[C@@H]1O. The summed E-state index contributed by atoms with van der Waals surface area (Å²) < 4.78 is 11.5. The van der Waals surface area contributed by atoms with E-state index in [0.29, 0.717) is 17.9 Å². The number of carbonyl (C=O) groups is 1. The lowest BCUT2D eigenvalue weighted by molar-refractivity contribution is 0.144. The molecule has 0 radical (unpaired) electrons. The quantitative estimate of drug-likeness (QED) is 0.797. The summed E-state index contributed by atoms with van der Waals surface area (Å²) in [5, 5.41) is 15.9. The summed E-state index contributed by atoms with van der Waals surface area (Å²) in [6, 6.07) is 14.2.